The number of pyridine rings is 2. The number of fused-ring (bicyclic) bond motifs is 1. The van der Waals surface area contributed by atoms with Crippen molar-refractivity contribution in [1.82, 2.24) is 15.3 Å². The normalized spacial score (nSPS) is 17.6. The van der Waals surface area contributed by atoms with Crippen LogP contribution in [0.5, 0.6) is 0 Å². The molecule has 2 N–H and O–H groups in total. The van der Waals surface area contributed by atoms with Gasteiger partial charge >= 0.3 is 6.09 Å². The lowest BCUT2D eigenvalue weighted by atomic mass is 9.90. The molecule has 1 saturated carbocycles. The first-order chi connectivity index (χ1) is 18.0. The van der Waals surface area contributed by atoms with Gasteiger partial charge in [0.25, 0.3) is 0 Å². The SMILES string of the molecule is CC(C)C(=O)c1cnc2ccc(-c3ccc(C#N)nc3)cc2c1N[C@H]1CC[C@H](NC(=O)OC(C)(C)C)CC1. The van der Waals surface area contributed by atoms with Crippen molar-refractivity contribution < 1.29 is 14.3 Å². The van der Waals surface area contributed by atoms with Crippen molar-refractivity contribution in [2.75, 3.05) is 5.32 Å². The Kier molecular flexibility index (Phi) is 7.96. The van der Waals surface area contributed by atoms with E-state index in [0.717, 1.165) is 53.4 Å². The summed E-state index contributed by atoms with van der Waals surface area (Å²) in [4.78, 5) is 34.2. The van der Waals surface area contributed by atoms with Crippen molar-refractivity contribution in [2.24, 2.45) is 5.92 Å². The molecule has 0 saturated heterocycles. The van der Waals surface area contributed by atoms with Gasteiger partial charge in [0.05, 0.1) is 16.8 Å². The quantitative estimate of drug-likeness (QED) is 0.374. The van der Waals surface area contributed by atoms with E-state index in [4.69, 9.17) is 10.00 Å². The Balaban J connectivity index is 1.60. The first kappa shape index (κ1) is 27.1. The Morgan fingerprint density at radius 1 is 1.00 bits per heavy atom. The lowest BCUT2D eigenvalue weighted by Gasteiger charge is -2.31. The monoisotopic (exact) mass is 513 g/mol. The largest absolute Gasteiger partial charge is 0.444 e. The number of carbonyl (C=O) groups is 2. The highest BCUT2D eigenvalue weighted by molar-refractivity contribution is 6.09. The zero-order valence-electron chi connectivity index (χ0n) is 22.7. The minimum absolute atomic E-state index is 0.0348. The van der Waals surface area contributed by atoms with Crippen LogP contribution in [0.15, 0.2) is 42.7 Å². The summed E-state index contributed by atoms with van der Waals surface area (Å²) in [6.07, 6.45) is 6.29. The summed E-state index contributed by atoms with van der Waals surface area (Å²) in [5.74, 6) is -0.137. The highest BCUT2D eigenvalue weighted by Gasteiger charge is 2.27. The first-order valence-corrected chi connectivity index (χ1v) is 13.1. The molecule has 1 aromatic carbocycles. The Morgan fingerprint density at radius 2 is 1.68 bits per heavy atom. The van der Waals surface area contributed by atoms with Gasteiger partial charge in [0.15, 0.2) is 5.78 Å². The Bertz CT molecular complexity index is 1360. The van der Waals surface area contributed by atoms with E-state index in [2.05, 4.69) is 20.6 Å². The molecule has 1 aliphatic carbocycles. The number of benzene rings is 1. The zero-order valence-corrected chi connectivity index (χ0v) is 22.7. The van der Waals surface area contributed by atoms with E-state index >= 15 is 0 Å². The van der Waals surface area contributed by atoms with Crippen LogP contribution < -0.4 is 10.6 Å². The first-order valence-electron chi connectivity index (χ1n) is 13.1. The maximum absolute atomic E-state index is 13.2. The number of hydrogen-bond acceptors (Lipinski definition) is 7. The second kappa shape index (κ2) is 11.2. The van der Waals surface area contributed by atoms with Crippen molar-refractivity contribution in [1.29, 1.82) is 5.26 Å². The molecular weight excluding hydrogens is 478 g/mol. The summed E-state index contributed by atoms with van der Waals surface area (Å²) in [5, 5.41) is 16.6. The third kappa shape index (κ3) is 6.46. The van der Waals surface area contributed by atoms with Crippen molar-refractivity contribution in [3.63, 3.8) is 0 Å². The maximum atomic E-state index is 13.2. The van der Waals surface area contributed by atoms with Crippen molar-refractivity contribution in [2.45, 2.75) is 78.0 Å². The van der Waals surface area contributed by atoms with Gasteiger partial charge in [-0.05, 0) is 76.3 Å². The molecule has 0 unspecified atom stereocenters. The molecule has 1 amide bonds. The van der Waals surface area contributed by atoms with Crippen molar-refractivity contribution in [3.05, 3.63) is 54.0 Å². The molecule has 8 nitrogen and oxygen atoms in total. The number of ketones is 1. The van der Waals surface area contributed by atoms with Gasteiger partial charge in [-0.1, -0.05) is 19.9 Å². The fourth-order valence-corrected chi connectivity index (χ4v) is 4.72. The molecule has 38 heavy (non-hydrogen) atoms. The Morgan fingerprint density at radius 3 is 2.29 bits per heavy atom. The molecule has 0 aliphatic heterocycles. The van der Waals surface area contributed by atoms with E-state index in [1.54, 1.807) is 18.5 Å². The van der Waals surface area contributed by atoms with E-state index < -0.39 is 5.60 Å². The van der Waals surface area contributed by atoms with Gasteiger partial charge in [0.1, 0.15) is 17.4 Å². The van der Waals surface area contributed by atoms with E-state index in [1.807, 2.05) is 65.0 Å². The fraction of sp³-hybridized carbons (Fsp3) is 0.433. The molecule has 2 heterocycles. The standard InChI is InChI=1S/C30H35N5O3/c1-18(2)28(36)25-17-33-26-13-7-19(20-6-8-23(15-31)32-16-20)14-24(26)27(25)34-21-9-11-22(12-10-21)35-29(37)38-30(3,4)5/h6-8,13-14,16-18,21-22H,9-12H2,1-5H3,(H,33,34)(H,35,37)/t21-,22-. The van der Waals surface area contributed by atoms with Gasteiger partial charge in [0.2, 0.25) is 0 Å². The van der Waals surface area contributed by atoms with Crippen LogP contribution >= 0.6 is 0 Å². The third-order valence-electron chi connectivity index (χ3n) is 6.67. The molecule has 3 aromatic rings. The number of nitrogens with one attached hydrogen (secondary N) is 2. The van der Waals surface area contributed by atoms with Crippen LogP contribution in [-0.2, 0) is 4.74 Å². The van der Waals surface area contributed by atoms with Crippen LogP contribution in [-0.4, -0.2) is 39.5 Å². The van der Waals surface area contributed by atoms with Crippen LogP contribution in [0.2, 0.25) is 0 Å². The van der Waals surface area contributed by atoms with Crippen LogP contribution in [0.4, 0.5) is 10.5 Å². The zero-order chi connectivity index (χ0) is 27.4. The molecular formula is C30H35N5O3. The van der Waals surface area contributed by atoms with E-state index in [0.29, 0.717) is 11.3 Å². The molecule has 0 radical (unpaired) electrons. The fourth-order valence-electron chi connectivity index (χ4n) is 4.72. The Hall–Kier alpha value is -3.99. The molecule has 198 valence electrons. The topological polar surface area (TPSA) is 117 Å². The minimum Gasteiger partial charge on any atom is -0.444 e. The summed E-state index contributed by atoms with van der Waals surface area (Å²) in [7, 11) is 0. The summed E-state index contributed by atoms with van der Waals surface area (Å²) >= 11 is 0. The highest BCUT2D eigenvalue weighted by Crippen LogP contribution is 2.34. The predicted molar refractivity (Wildman–Crippen MR) is 148 cm³/mol. The van der Waals surface area contributed by atoms with Gasteiger partial charge in [-0.25, -0.2) is 9.78 Å². The van der Waals surface area contributed by atoms with Crippen LogP contribution in [0.3, 0.4) is 0 Å². The Labute approximate surface area is 223 Å². The summed E-state index contributed by atoms with van der Waals surface area (Å²) in [6.45, 7) is 9.34. The van der Waals surface area contributed by atoms with Crippen molar-refractivity contribution >= 4 is 28.5 Å². The van der Waals surface area contributed by atoms with E-state index in [-0.39, 0.29) is 29.9 Å². The molecule has 1 aliphatic rings. The van der Waals surface area contributed by atoms with Crippen LogP contribution in [0.25, 0.3) is 22.0 Å². The van der Waals surface area contributed by atoms with Gasteiger partial charge < -0.3 is 15.4 Å². The predicted octanol–water partition coefficient (Wildman–Crippen LogP) is 6.25. The molecule has 2 aromatic heterocycles. The molecule has 8 heteroatoms. The second-order valence-electron chi connectivity index (χ2n) is 11.2. The molecule has 0 bridgehead atoms. The smallest absolute Gasteiger partial charge is 0.407 e. The summed E-state index contributed by atoms with van der Waals surface area (Å²) < 4.78 is 5.41. The number of carbonyl (C=O) groups excluding carboxylic acids is 2. The number of rotatable bonds is 6. The van der Waals surface area contributed by atoms with Crippen LogP contribution in [0, 0.1) is 17.2 Å². The number of amides is 1. The van der Waals surface area contributed by atoms with Crippen LogP contribution in [0.1, 0.15) is 76.4 Å². The highest BCUT2D eigenvalue weighted by atomic mass is 16.6. The molecule has 0 spiro atoms. The minimum atomic E-state index is -0.530. The average Bonchev–Trinajstić information content (AvgIpc) is 2.88. The van der Waals surface area contributed by atoms with Gasteiger partial charge in [-0.3, -0.25) is 9.78 Å². The van der Waals surface area contributed by atoms with E-state index in [1.165, 1.54) is 0 Å². The number of nitrogens with zero attached hydrogens (tertiary/aromatic N) is 3. The number of hydrogen-bond donors (Lipinski definition) is 2. The van der Waals surface area contributed by atoms with Gasteiger partial charge in [-0.2, -0.15) is 5.26 Å². The molecule has 0 atom stereocenters. The number of anilines is 1. The van der Waals surface area contributed by atoms with Gasteiger partial charge in [-0.15, -0.1) is 0 Å². The number of aromatic nitrogens is 2. The van der Waals surface area contributed by atoms with Crippen molar-refractivity contribution in [3.8, 4) is 17.2 Å². The number of ether oxygens (including phenoxy) is 1. The molecule has 1 fully saturated rings. The average molecular weight is 514 g/mol. The van der Waals surface area contributed by atoms with Gasteiger partial charge in [0, 0.05) is 41.3 Å². The second-order valence-corrected chi connectivity index (χ2v) is 11.2. The summed E-state index contributed by atoms with van der Waals surface area (Å²) in [6, 6.07) is 11.8. The van der Waals surface area contributed by atoms with E-state index in [9.17, 15) is 9.59 Å². The number of alkyl carbamates (subject to hydrolysis) is 1. The number of Topliss-reactive ketones (excluding diaryl/α,β-unsaturated/α-hetero) is 1. The third-order valence-corrected chi connectivity index (χ3v) is 6.67. The number of nitriles is 1. The maximum Gasteiger partial charge on any atom is 0.407 e. The summed E-state index contributed by atoms with van der Waals surface area (Å²) in [5.41, 5.74) is 3.80. The lowest BCUT2D eigenvalue weighted by Crippen LogP contribution is -2.42. The molecule has 4 rings (SSSR count). The lowest BCUT2D eigenvalue weighted by molar-refractivity contribution is 0.0492.